The summed E-state index contributed by atoms with van der Waals surface area (Å²) in [5, 5.41) is 6.76. The molecule has 1 aromatic heterocycles. The molecule has 1 aliphatic rings. The number of hydrogen-bond acceptors (Lipinski definition) is 6. The molecule has 1 fully saturated rings. The lowest BCUT2D eigenvalue weighted by molar-refractivity contribution is 0.206. The summed E-state index contributed by atoms with van der Waals surface area (Å²) in [5.74, 6) is 1.65. The van der Waals surface area contributed by atoms with Crippen LogP contribution >= 0.6 is 11.6 Å². The Kier molecular flexibility index (Phi) is 5.37. The average molecular weight is 299 g/mol. The number of anilines is 2. The maximum Gasteiger partial charge on any atom is 0.229 e. The zero-order valence-electron chi connectivity index (χ0n) is 12.4. The number of likely N-dealkylation sites (tertiary alicyclic amines) is 1. The molecule has 2 heterocycles. The van der Waals surface area contributed by atoms with Gasteiger partial charge in [0, 0.05) is 19.1 Å². The second-order valence-corrected chi connectivity index (χ2v) is 5.80. The molecule has 2 unspecified atom stereocenters. The lowest BCUT2D eigenvalue weighted by Crippen LogP contribution is -2.43. The van der Waals surface area contributed by atoms with E-state index >= 15 is 0 Å². The normalized spacial score (nSPS) is 23.6. The summed E-state index contributed by atoms with van der Waals surface area (Å²) in [6, 6.07) is 0.378. The molecule has 0 radical (unpaired) electrons. The van der Waals surface area contributed by atoms with Gasteiger partial charge in [-0.25, -0.2) is 0 Å². The Balaban J connectivity index is 2.03. The van der Waals surface area contributed by atoms with Gasteiger partial charge in [0.15, 0.2) is 0 Å². The van der Waals surface area contributed by atoms with E-state index < -0.39 is 0 Å². The zero-order valence-corrected chi connectivity index (χ0v) is 13.1. The first kappa shape index (κ1) is 15.3. The van der Waals surface area contributed by atoms with Crippen LogP contribution in [0.3, 0.4) is 0 Å². The fourth-order valence-corrected chi connectivity index (χ4v) is 2.62. The van der Waals surface area contributed by atoms with Gasteiger partial charge in [-0.1, -0.05) is 13.8 Å². The van der Waals surface area contributed by atoms with Crippen LogP contribution in [0.25, 0.3) is 0 Å². The fourth-order valence-electron chi connectivity index (χ4n) is 2.46. The Labute approximate surface area is 125 Å². The van der Waals surface area contributed by atoms with Crippen LogP contribution in [0.15, 0.2) is 0 Å². The first-order valence-electron chi connectivity index (χ1n) is 7.19. The summed E-state index contributed by atoms with van der Waals surface area (Å²) in [7, 11) is 2.15. The third kappa shape index (κ3) is 4.18. The number of nitrogens with zero attached hydrogens (tertiary/aromatic N) is 4. The molecular formula is C13H23ClN6. The highest BCUT2D eigenvalue weighted by atomic mass is 35.5. The molecule has 0 aliphatic carbocycles. The molecule has 2 rings (SSSR count). The van der Waals surface area contributed by atoms with Crippen molar-refractivity contribution < 1.29 is 0 Å². The Morgan fingerprint density at radius 2 is 2.05 bits per heavy atom. The van der Waals surface area contributed by atoms with Gasteiger partial charge in [0.25, 0.3) is 0 Å². The second kappa shape index (κ2) is 7.04. The van der Waals surface area contributed by atoms with Crippen molar-refractivity contribution >= 4 is 23.5 Å². The van der Waals surface area contributed by atoms with Gasteiger partial charge in [-0.05, 0) is 44.0 Å². The van der Waals surface area contributed by atoms with Crippen LogP contribution in [0.4, 0.5) is 11.9 Å². The molecule has 0 saturated carbocycles. The van der Waals surface area contributed by atoms with E-state index in [9.17, 15) is 0 Å². The highest BCUT2D eigenvalue weighted by Crippen LogP contribution is 2.19. The van der Waals surface area contributed by atoms with E-state index in [0.717, 1.165) is 32.5 Å². The summed E-state index contributed by atoms with van der Waals surface area (Å²) in [5.41, 5.74) is 0. The molecular weight excluding hydrogens is 276 g/mol. The predicted molar refractivity (Wildman–Crippen MR) is 82.3 cm³/mol. The largest absolute Gasteiger partial charge is 0.354 e. The van der Waals surface area contributed by atoms with Gasteiger partial charge in [-0.3, -0.25) is 0 Å². The average Bonchev–Trinajstić information content (AvgIpc) is 2.39. The van der Waals surface area contributed by atoms with Crippen LogP contribution in [-0.4, -0.2) is 52.6 Å². The lowest BCUT2D eigenvalue weighted by atomic mass is 9.94. The predicted octanol–water partition coefficient (Wildman–Crippen LogP) is 2.10. The summed E-state index contributed by atoms with van der Waals surface area (Å²) >= 11 is 5.96. The molecule has 2 atom stereocenters. The molecule has 1 aromatic rings. The summed E-state index contributed by atoms with van der Waals surface area (Å²) in [6.07, 6.45) is 2.09. The van der Waals surface area contributed by atoms with Crippen LogP contribution in [0.1, 0.15) is 26.7 Å². The van der Waals surface area contributed by atoms with E-state index in [1.807, 2.05) is 0 Å². The Hall–Kier alpha value is -1.14. The quantitative estimate of drug-likeness (QED) is 0.868. The number of halogens is 1. The third-order valence-electron chi connectivity index (χ3n) is 3.56. The van der Waals surface area contributed by atoms with Gasteiger partial charge < -0.3 is 15.5 Å². The first-order chi connectivity index (χ1) is 9.58. The smallest absolute Gasteiger partial charge is 0.229 e. The van der Waals surface area contributed by atoms with Crippen LogP contribution in [0.5, 0.6) is 0 Å². The number of piperidine rings is 1. The van der Waals surface area contributed by atoms with E-state index in [1.54, 1.807) is 0 Å². The summed E-state index contributed by atoms with van der Waals surface area (Å²) in [4.78, 5) is 15.0. The second-order valence-electron chi connectivity index (χ2n) is 5.46. The van der Waals surface area contributed by atoms with E-state index in [2.05, 4.69) is 51.4 Å². The van der Waals surface area contributed by atoms with Crippen molar-refractivity contribution in [2.24, 2.45) is 5.92 Å². The Morgan fingerprint density at radius 3 is 2.75 bits per heavy atom. The van der Waals surface area contributed by atoms with E-state index in [4.69, 9.17) is 11.6 Å². The minimum Gasteiger partial charge on any atom is -0.354 e. The van der Waals surface area contributed by atoms with Gasteiger partial charge >= 0.3 is 0 Å². The number of hydrogen-bond donors (Lipinski definition) is 2. The number of nitrogens with one attached hydrogen (secondary N) is 2. The number of aromatic nitrogens is 3. The molecule has 0 bridgehead atoms. The molecule has 0 aromatic carbocycles. The van der Waals surface area contributed by atoms with Crippen LogP contribution in [-0.2, 0) is 0 Å². The minimum absolute atomic E-state index is 0.224. The van der Waals surface area contributed by atoms with E-state index in [1.165, 1.54) is 0 Å². The Morgan fingerprint density at radius 1 is 1.30 bits per heavy atom. The minimum atomic E-state index is 0.224. The van der Waals surface area contributed by atoms with Crippen LogP contribution in [0, 0.1) is 5.92 Å². The van der Waals surface area contributed by atoms with Crippen LogP contribution in [0.2, 0.25) is 5.28 Å². The zero-order chi connectivity index (χ0) is 14.5. The van der Waals surface area contributed by atoms with Crippen molar-refractivity contribution in [1.82, 2.24) is 19.9 Å². The highest BCUT2D eigenvalue weighted by Gasteiger charge is 2.24. The fraction of sp³-hybridized carbons (Fsp3) is 0.769. The molecule has 1 aliphatic heterocycles. The first-order valence-corrected chi connectivity index (χ1v) is 7.56. The summed E-state index contributed by atoms with van der Waals surface area (Å²) < 4.78 is 0. The maximum atomic E-state index is 5.96. The Bertz CT molecular complexity index is 441. The van der Waals surface area contributed by atoms with Crippen molar-refractivity contribution in [2.45, 2.75) is 32.7 Å². The molecule has 0 amide bonds. The van der Waals surface area contributed by atoms with E-state index in [0.29, 0.717) is 23.9 Å². The lowest BCUT2D eigenvalue weighted by Gasteiger charge is -2.35. The summed E-state index contributed by atoms with van der Waals surface area (Å²) in [6.45, 7) is 7.32. The standard InChI is InChI=1S/C13H23ClN6/c1-4-6-15-12-17-11(14)18-13(19-12)16-10-5-7-20(3)8-9(10)2/h9-10H,4-8H2,1-3H3,(H2,15,16,17,18,19). The van der Waals surface area contributed by atoms with Gasteiger partial charge in [0.05, 0.1) is 0 Å². The highest BCUT2D eigenvalue weighted by molar-refractivity contribution is 6.28. The van der Waals surface area contributed by atoms with Gasteiger partial charge in [0.2, 0.25) is 17.2 Å². The topological polar surface area (TPSA) is 66.0 Å². The maximum absolute atomic E-state index is 5.96. The van der Waals surface area contributed by atoms with Gasteiger partial charge in [0.1, 0.15) is 0 Å². The molecule has 0 spiro atoms. The monoisotopic (exact) mass is 298 g/mol. The molecule has 20 heavy (non-hydrogen) atoms. The molecule has 2 N–H and O–H groups in total. The van der Waals surface area contributed by atoms with Gasteiger partial charge in [-0.2, -0.15) is 15.0 Å². The third-order valence-corrected chi connectivity index (χ3v) is 3.73. The number of rotatable bonds is 5. The molecule has 7 heteroatoms. The van der Waals surface area contributed by atoms with Crippen molar-refractivity contribution in [3.05, 3.63) is 5.28 Å². The van der Waals surface area contributed by atoms with Gasteiger partial charge in [-0.15, -0.1) is 0 Å². The van der Waals surface area contributed by atoms with Crippen LogP contribution < -0.4 is 10.6 Å². The van der Waals surface area contributed by atoms with Crippen molar-refractivity contribution in [1.29, 1.82) is 0 Å². The van der Waals surface area contributed by atoms with Crippen molar-refractivity contribution in [2.75, 3.05) is 37.3 Å². The molecule has 6 nitrogen and oxygen atoms in total. The van der Waals surface area contributed by atoms with E-state index in [-0.39, 0.29) is 5.28 Å². The molecule has 112 valence electrons. The SMILES string of the molecule is CCCNc1nc(Cl)nc(NC2CCN(C)CC2C)n1. The molecule has 1 saturated heterocycles. The van der Waals surface area contributed by atoms with Crippen molar-refractivity contribution in [3.63, 3.8) is 0 Å². The van der Waals surface area contributed by atoms with Crippen molar-refractivity contribution in [3.8, 4) is 0 Å².